The van der Waals surface area contributed by atoms with E-state index in [1.165, 1.54) is 16.5 Å². The molecular formula is C27H35N3O3. The lowest BCUT2D eigenvalue weighted by atomic mass is 10.1. The van der Waals surface area contributed by atoms with Crippen LogP contribution in [0.2, 0.25) is 0 Å². The van der Waals surface area contributed by atoms with Crippen molar-refractivity contribution in [3.63, 3.8) is 0 Å². The molecule has 3 aromatic rings. The van der Waals surface area contributed by atoms with Crippen molar-refractivity contribution >= 4 is 22.7 Å². The highest BCUT2D eigenvalue weighted by Crippen LogP contribution is 2.19. The van der Waals surface area contributed by atoms with Gasteiger partial charge in [0, 0.05) is 56.9 Å². The van der Waals surface area contributed by atoms with E-state index in [-0.39, 0.29) is 18.4 Å². The number of aryl methyl sites for hydroxylation is 1. The minimum absolute atomic E-state index is 0.00799. The molecule has 33 heavy (non-hydrogen) atoms. The number of rotatable bonds is 12. The highest BCUT2D eigenvalue weighted by molar-refractivity contribution is 5.85. The van der Waals surface area contributed by atoms with Crippen LogP contribution in [0, 0.1) is 6.92 Å². The molecule has 0 fully saturated rings. The second kappa shape index (κ2) is 12.2. The maximum Gasteiger partial charge on any atom is 0.242 e. The van der Waals surface area contributed by atoms with Crippen molar-refractivity contribution in [2.45, 2.75) is 39.7 Å². The minimum atomic E-state index is -0.0327. The van der Waals surface area contributed by atoms with Gasteiger partial charge < -0.3 is 19.5 Å². The van der Waals surface area contributed by atoms with E-state index in [0.717, 1.165) is 17.5 Å². The van der Waals surface area contributed by atoms with Crippen LogP contribution in [0.4, 0.5) is 0 Å². The molecule has 6 heteroatoms. The SMILES string of the molecule is CCC(=O)N(CCCOC)CC(=O)N(CCc1c[nH]c2ccccc12)Cc1ccc(C)cc1. The molecule has 0 spiro atoms. The number of nitrogens with one attached hydrogen (secondary N) is 1. The fraction of sp³-hybridized carbons (Fsp3) is 0.407. The maximum absolute atomic E-state index is 13.4. The average molecular weight is 450 g/mol. The van der Waals surface area contributed by atoms with Crippen molar-refractivity contribution in [3.8, 4) is 0 Å². The van der Waals surface area contributed by atoms with Crippen molar-refractivity contribution in [3.05, 3.63) is 71.4 Å². The first-order valence-electron chi connectivity index (χ1n) is 11.7. The molecule has 0 radical (unpaired) electrons. The number of carbonyl (C=O) groups is 2. The summed E-state index contributed by atoms with van der Waals surface area (Å²) < 4.78 is 5.13. The maximum atomic E-state index is 13.4. The number of aromatic nitrogens is 1. The number of para-hydroxylation sites is 1. The van der Waals surface area contributed by atoms with Crippen LogP contribution in [0.3, 0.4) is 0 Å². The number of methoxy groups -OCH3 is 1. The van der Waals surface area contributed by atoms with Crippen LogP contribution in [0.25, 0.3) is 10.9 Å². The third-order valence-electron chi connectivity index (χ3n) is 5.93. The smallest absolute Gasteiger partial charge is 0.242 e. The predicted molar refractivity (Wildman–Crippen MR) is 132 cm³/mol. The molecule has 0 saturated carbocycles. The summed E-state index contributed by atoms with van der Waals surface area (Å²) in [5.74, 6) is -0.0407. The summed E-state index contributed by atoms with van der Waals surface area (Å²) in [6.07, 6.45) is 3.86. The van der Waals surface area contributed by atoms with E-state index in [0.29, 0.717) is 39.1 Å². The van der Waals surface area contributed by atoms with Crippen molar-refractivity contribution in [1.82, 2.24) is 14.8 Å². The normalized spacial score (nSPS) is 11.0. The van der Waals surface area contributed by atoms with E-state index in [1.807, 2.05) is 30.2 Å². The zero-order valence-corrected chi connectivity index (χ0v) is 20.0. The molecule has 0 bridgehead atoms. The lowest BCUT2D eigenvalue weighted by Crippen LogP contribution is -2.43. The van der Waals surface area contributed by atoms with Crippen molar-refractivity contribution in [2.75, 3.05) is 33.4 Å². The predicted octanol–water partition coefficient (Wildman–Crippen LogP) is 4.32. The molecule has 3 rings (SSSR count). The number of H-pyrrole nitrogens is 1. The first-order valence-corrected chi connectivity index (χ1v) is 11.7. The fourth-order valence-corrected chi connectivity index (χ4v) is 3.98. The summed E-state index contributed by atoms with van der Waals surface area (Å²) >= 11 is 0. The monoisotopic (exact) mass is 449 g/mol. The fourth-order valence-electron chi connectivity index (χ4n) is 3.98. The number of ether oxygens (including phenoxy) is 1. The lowest BCUT2D eigenvalue weighted by Gasteiger charge is -2.28. The van der Waals surface area contributed by atoms with E-state index in [9.17, 15) is 9.59 Å². The number of fused-ring (bicyclic) bond motifs is 1. The van der Waals surface area contributed by atoms with Gasteiger partial charge in [0.05, 0.1) is 6.54 Å². The standard InChI is InChI=1S/C27H35N3O3/c1-4-26(31)29(15-7-17-33-3)20-27(32)30(19-22-12-10-21(2)11-13-22)16-14-23-18-28-25-9-6-5-8-24(23)25/h5-6,8-13,18,28H,4,7,14-17,19-20H2,1-3H3. The lowest BCUT2D eigenvalue weighted by molar-refractivity contribution is -0.140. The van der Waals surface area contributed by atoms with Gasteiger partial charge in [-0.1, -0.05) is 55.0 Å². The molecule has 2 aromatic carbocycles. The Morgan fingerprint density at radius 2 is 1.73 bits per heavy atom. The van der Waals surface area contributed by atoms with Gasteiger partial charge in [-0.3, -0.25) is 9.59 Å². The Hall–Kier alpha value is -3.12. The molecule has 1 N–H and O–H groups in total. The van der Waals surface area contributed by atoms with E-state index < -0.39 is 0 Å². The zero-order valence-electron chi connectivity index (χ0n) is 20.0. The van der Waals surface area contributed by atoms with Gasteiger partial charge in [-0.25, -0.2) is 0 Å². The summed E-state index contributed by atoms with van der Waals surface area (Å²) in [5, 5.41) is 1.18. The molecule has 0 aliphatic rings. The number of hydrogen-bond donors (Lipinski definition) is 1. The molecule has 1 heterocycles. The quantitative estimate of drug-likeness (QED) is 0.419. The van der Waals surface area contributed by atoms with E-state index >= 15 is 0 Å². The van der Waals surface area contributed by atoms with Gasteiger partial charge in [-0.15, -0.1) is 0 Å². The van der Waals surface area contributed by atoms with Crippen LogP contribution in [0.15, 0.2) is 54.7 Å². The highest BCUT2D eigenvalue weighted by atomic mass is 16.5. The van der Waals surface area contributed by atoms with Crippen LogP contribution in [0.5, 0.6) is 0 Å². The first-order chi connectivity index (χ1) is 16.0. The van der Waals surface area contributed by atoms with Gasteiger partial charge in [-0.05, 0) is 37.0 Å². The van der Waals surface area contributed by atoms with Crippen molar-refractivity contribution < 1.29 is 14.3 Å². The second-order valence-corrected chi connectivity index (χ2v) is 8.43. The van der Waals surface area contributed by atoms with Crippen molar-refractivity contribution in [1.29, 1.82) is 0 Å². The zero-order chi connectivity index (χ0) is 23.6. The largest absolute Gasteiger partial charge is 0.385 e. The number of nitrogens with zero attached hydrogens (tertiary/aromatic N) is 2. The molecule has 0 aliphatic heterocycles. The second-order valence-electron chi connectivity index (χ2n) is 8.43. The van der Waals surface area contributed by atoms with Crippen LogP contribution in [-0.2, 0) is 27.3 Å². The average Bonchev–Trinajstić information content (AvgIpc) is 3.25. The van der Waals surface area contributed by atoms with E-state index in [1.54, 1.807) is 12.0 Å². The van der Waals surface area contributed by atoms with E-state index in [2.05, 4.69) is 48.3 Å². The van der Waals surface area contributed by atoms with Crippen LogP contribution < -0.4 is 0 Å². The Morgan fingerprint density at radius 3 is 2.45 bits per heavy atom. The molecule has 176 valence electrons. The van der Waals surface area contributed by atoms with E-state index in [4.69, 9.17) is 4.74 Å². The molecule has 6 nitrogen and oxygen atoms in total. The van der Waals surface area contributed by atoms with Gasteiger partial charge in [0.1, 0.15) is 0 Å². The van der Waals surface area contributed by atoms with Gasteiger partial charge in [0.15, 0.2) is 0 Å². The Balaban J connectivity index is 1.75. The van der Waals surface area contributed by atoms with Gasteiger partial charge in [0.25, 0.3) is 0 Å². The van der Waals surface area contributed by atoms with Crippen LogP contribution in [0.1, 0.15) is 36.5 Å². The van der Waals surface area contributed by atoms with Gasteiger partial charge in [-0.2, -0.15) is 0 Å². The molecule has 0 unspecified atom stereocenters. The summed E-state index contributed by atoms with van der Waals surface area (Å²) in [7, 11) is 1.64. The van der Waals surface area contributed by atoms with Crippen LogP contribution >= 0.6 is 0 Å². The number of aromatic amines is 1. The molecule has 0 aliphatic carbocycles. The number of hydrogen-bond acceptors (Lipinski definition) is 3. The Morgan fingerprint density at radius 1 is 0.970 bits per heavy atom. The molecule has 0 saturated heterocycles. The minimum Gasteiger partial charge on any atom is -0.385 e. The Labute approximate surface area is 196 Å². The third-order valence-corrected chi connectivity index (χ3v) is 5.93. The molecule has 2 amide bonds. The number of amides is 2. The first kappa shape index (κ1) is 24.5. The molecule has 1 aromatic heterocycles. The Bertz CT molecular complexity index is 1040. The highest BCUT2D eigenvalue weighted by Gasteiger charge is 2.21. The summed E-state index contributed by atoms with van der Waals surface area (Å²) in [6, 6.07) is 16.5. The third kappa shape index (κ3) is 6.93. The summed E-state index contributed by atoms with van der Waals surface area (Å²) in [6.45, 7) is 6.17. The number of carbonyl (C=O) groups excluding carboxylic acids is 2. The van der Waals surface area contributed by atoms with Gasteiger partial charge in [0.2, 0.25) is 11.8 Å². The topological polar surface area (TPSA) is 65.6 Å². The van der Waals surface area contributed by atoms with Gasteiger partial charge >= 0.3 is 0 Å². The molecular weight excluding hydrogens is 414 g/mol. The van der Waals surface area contributed by atoms with Crippen molar-refractivity contribution in [2.24, 2.45) is 0 Å². The summed E-state index contributed by atoms with van der Waals surface area (Å²) in [5.41, 5.74) is 4.56. The summed E-state index contributed by atoms with van der Waals surface area (Å²) in [4.78, 5) is 32.7. The van der Waals surface area contributed by atoms with Crippen LogP contribution in [-0.4, -0.2) is 59.9 Å². The number of benzene rings is 2. The molecule has 0 atom stereocenters. The Kier molecular flexibility index (Phi) is 9.07.